The van der Waals surface area contributed by atoms with Gasteiger partial charge in [-0.1, -0.05) is 18.2 Å². The maximum absolute atomic E-state index is 13.2. The lowest BCUT2D eigenvalue weighted by atomic mass is 9.76. The molecule has 1 aliphatic carbocycles. The standard InChI is InChI=1S/C11H14FN/c12-10-4-2-1-3-8(10)7-9-5-6-11(9)13/h1-4,9,11H,5-7,13H2. The normalized spacial score (nSPS) is 26.9. The van der Waals surface area contributed by atoms with Crippen LogP contribution in [0.4, 0.5) is 4.39 Å². The molecule has 13 heavy (non-hydrogen) atoms. The van der Waals surface area contributed by atoms with Crippen LogP contribution in [-0.4, -0.2) is 6.04 Å². The van der Waals surface area contributed by atoms with Gasteiger partial charge in [0.05, 0.1) is 0 Å². The third-order valence-electron chi connectivity index (χ3n) is 2.92. The van der Waals surface area contributed by atoms with Gasteiger partial charge in [-0.3, -0.25) is 0 Å². The molecule has 0 aromatic heterocycles. The molecule has 70 valence electrons. The van der Waals surface area contributed by atoms with Gasteiger partial charge < -0.3 is 5.73 Å². The van der Waals surface area contributed by atoms with Crippen molar-refractivity contribution in [2.24, 2.45) is 11.7 Å². The molecule has 1 saturated carbocycles. The van der Waals surface area contributed by atoms with E-state index in [4.69, 9.17) is 5.73 Å². The largest absolute Gasteiger partial charge is 0.327 e. The molecule has 2 rings (SSSR count). The number of benzene rings is 1. The quantitative estimate of drug-likeness (QED) is 0.739. The van der Waals surface area contributed by atoms with Gasteiger partial charge in [-0.05, 0) is 36.8 Å². The van der Waals surface area contributed by atoms with Gasteiger partial charge in [0.1, 0.15) is 5.82 Å². The lowest BCUT2D eigenvalue weighted by Crippen LogP contribution is -2.40. The number of rotatable bonds is 2. The third kappa shape index (κ3) is 1.73. The van der Waals surface area contributed by atoms with E-state index in [-0.39, 0.29) is 5.82 Å². The van der Waals surface area contributed by atoms with Crippen LogP contribution in [0.2, 0.25) is 0 Å². The van der Waals surface area contributed by atoms with E-state index in [1.54, 1.807) is 6.07 Å². The van der Waals surface area contributed by atoms with E-state index < -0.39 is 0 Å². The van der Waals surface area contributed by atoms with E-state index in [0.717, 1.165) is 24.8 Å². The van der Waals surface area contributed by atoms with E-state index >= 15 is 0 Å². The van der Waals surface area contributed by atoms with Gasteiger partial charge >= 0.3 is 0 Å². The summed E-state index contributed by atoms with van der Waals surface area (Å²) in [5.41, 5.74) is 6.61. The molecule has 1 nitrogen and oxygen atoms in total. The molecule has 0 amide bonds. The molecule has 2 heteroatoms. The summed E-state index contributed by atoms with van der Waals surface area (Å²) in [5, 5.41) is 0. The van der Waals surface area contributed by atoms with Crippen LogP contribution < -0.4 is 5.73 Å². The Labute approximate surface area is 77.8 Å². The first-order chi connectivity index (χ1) is 6.27. The fraction of sp³-hybridized carbons (Fsp3) is 0.455. The maximum atomic E-state index is 13.2. The van der Waals surface area contributed by atoms with Gasteiger partial charge in [0.25, 0.3) is 0 Å². The first kappa shape index (κ1) is 8.70. The highest BCUT2D eigenvalue weighted by Gasteiger charge is 2.27. The number of hydrogen-bond donors (Lipinski definition) is 1. The Bertz CT molecular complexity index is 298. The van der Waals surface area contributed by atoms with Gasteiger partial charge in [0, 0.05) is 6.04 Å². The lowest BCUT2D eigenvalue weighted by molar-refractivity contribution is 0.253. The third-order valence-corrected chi connectivity index (χ3v) is 2.92. The molecule has 1 aromatic carbocycles. The molecule has 0 heterocycles. The highest BCUT2D eigenvalue weighted by molar-refractivity contribution is 5.18. The minimum Gasteiger partial charge on any atom is -0.327 e. The van der Waals surface area contributed by atoms with Crippen LogP contribution in [0.1, 0.15) is 18.4 Å². The SMILES string of the molecule is NC1CCC1Cc1ccccc1F. The first-order valence-corrected chi connectivity index (χ1v) is 4.76. The zero-order chi connectivity index (χ0) is 9.26. The van der Waals surface area contributed by atoms with Gasteiger partial charge in [0.2, 0.25) is 0 Å². The predicted molar refractivity (Wildman–Crippen MR) is 50.8 cm³/mol. The average Bonchev–Trinajstić information content (AvgIpc) is 2.14. The van der Waals surface area contributed by atoms with Crippen molar-refractivity contribution in [2.45, 2.75) is 25.3 Å². The summed E-state index contributed by atoms with van der Waals surface area (Å²) in [6, 6.07) is 7.25. The summed E-state index contributed by atoms with van der Waals surface area (Å²) in [6.07, 6.45) is 3.04. The van der Waals surface area contributed by atoms with E-state index in [1.807, 2.05) is 12.1 Å². The van der Waals surface area contributed by atoms with Gasteiger partial charge in [-0.25, -0.2) is 4.39 Å². The number of halogens is 1. The van der Waals surface area contributed by atoms with E-state index in [0.29, 0.717) is 12.0 Å². The van der Waals surface area contributed by atoms with Crippen molar-refractivity contribution in [3.05, 3.63) is 35.6 Å². The second-order valence-corrected chi connectivity index (χ2v) is 3.80. The summed E-state index contributed by atoms with van der Waals surface area (Å²) < 4.78 is 13.2. The zero-order valence-electron chi connectivity index (χ0n) is 7.54. The highest BCUT2D eigenvalue weighted by Crippen LogP contribution is 2.29. The Morgan fingerprint density at radius 1 is 1.31 bits per heavy atom. The average molecular weight is 179 g/mol. The van der Waals surface area contributed by atoms with Crippen molar-refractivity contribution in [3.8, 4) is 0 Å². The van der Waals surface area contributed by atoms with Crippen LogP contribution in [0.25, 0.3) is 0 Å². The fourth-order valence-electron chi connectivity index (χ4n) is 1.79. The van der Waals surface area contributed by atoms with Crippen LogP contribution in [0, 0.1) is 11.7 Å². The van der Waals surface area contributed by atoms with Gasteiger partial charge in [-0.15, -0.1) is 0 Å². The van der Waals surface area contributed by atoms with Gasteiger partial charge in [-0.2, -0.15) is 0 Å². The predicted octanol–water partition coefficient (Wildman–Crippen LogP) is 2.11. The Morgan fingerprint density at radius 2 is 2.08 bits per heavy atom. The molecule has 1 aromatic rings. The van der Waals surface area contributed by atoms with E-state index in [1.165, 1.54) is 6.07 Å². The van der Waals surface area contributed by atoms with Gasteiger partial charge in [0.15, 0.2) is 0 Å². The Morgan fingerprint density at radius 3 is 2.62 bits per heavy atom. The molecule has 2 unspecified atom stereocenters. The lowest BCUT2D eigenvalue weighted by Gasteiger charge is -2.33. The maximum Gasteiger partial charge on any atom is 0.126 e. The topological polar surface area (TPSA) is 26.0 Å². The summed E-state index contributed by atoms with van der Waals surface area (Å²) in [5.74, 6) is 0.401. The minimum absolute atomic E-state index is 0.0957. The minimum atomic E-state index is -0.0957. The second kappa shape index (κ2) is 3.46. The Balaban J connectivity index is 2.05. The van der Waals surface area contributed by atoms with E-state index in [9.17, 15) is 4.39 Å². The molecule has 2 N–H and O–H groups in total. The zero-order valence-corrected chi connectivity index (χ0v) is 7.54. The second-order valence-electron chi connectivity index (χ2n) is 3.80. The summed E-state index contributed by atoms with van der Waals surface area (Å²) >= 11 is 0. The van der Waals surface area contributed by atoms with E-state index in [2.05, 4.69) is 0 Å². The van der Waals surface area contributed by atoms with Crippen LogP contribution >= 0.6 is 0 Å². The molecule has 0 saturated heterocycles. The summed E-state index contributed by atoms with van der Waals surface area (Å²) in [7, 11) is 0. The molecule has 1 aliphatic rings. The molecular weight excluding hydrogens is 165 g/mol. The van der Waals surface area contributed by atoms with Crippen molar-refractivity contribution >= 4 is 0 Å². The Hall–Kier alpha value is -0.890. The summed E-state index contributed by atoms with van der Waals surface area (Å²) in [4.78, 5) is 0. The van der Waals surface area contributed by atoms with Crippen LogP contribution in [0.15, 0.2) is 24.3 Å². The summed E-state index contributed by atoms with van der Waals surface area (Å²) in [6.45, 7) is 0. The molecular formula is C11H14FN. The smallest absolute Gasteiger partial charge is 0.126 e. The van der Waals surface area contributed by atoms with Crippen LogP contribution in [0.3, 0.4) is 0 Å². The molecule has 0 bridgehead atoms. The number of hydrogen-bond acceptors (Lipinski definition) is 1. The van der Waals surface area contributed by atoms with Crippen molar-refractivity contribution in [3.63, 3.8) is 0 Å². The highest BCUT2D eigenvalue weighted by atomic mass is 19.1. The molecule has 2 atom stereocenters. The molecule has 1 fully saturated rings. The van der Waals surface area contributed by atoms with Crippen molar-refractivity contribution in [1.29, 1.82) is 0 Å². The molecule has 0 radical (unpaired) electrons. The monoisotopic (exact) mass is 179 g/mol. The van der Waals surface area contributed by atoms with Crippen LogP contribution in [-0.2, 0) is 6.42 Å². The van der Waals surface area contributed by atoms with Crippen molar-refractivity contribution < 1.29 is 4.39 Å². The molecule has 0 spiro atoms. The first-order valence-electron chi connectivity index (χ1n) is 4.76. The van der Waals surface area contributed by atoms with Crippen LogP contribution in [0.5, 0.6) is 0 Å². The fourth-order valence-corrected chi connectivity index (χ4v) is 1.79. The van der Waals surface area contributed by atoms with Crippen molar-refractivity contribution in [1.82, 2.24) is 0 Å². The molecule has 0 aliphatic heterocycles. The number of nitrogens with two attached hydrogens (primary N) is 1. The van der Waals surface area contributed by atoms with Crippen molar-refractivity contribution in [2.75, 3.05) is 0 Å². The Kier molecular flexibility index (Phi) is 2.32.